The molecule has 1 aliphatic heterocycles. The lowest BCUT2D eigenvalue weighted by Gasteiger charge is -2.17. The number of hydrazine groups is 1. The molecule has 4 N–H and O–H groups in total. The molecular formula is C9H12BFN2O2. The zero-order valence-electron chi connectivity index (χ0n) is 8.02. The Morgan fingerprint density at radius 1 is 1.27 bits per heavy atom. The maximum absolute atomic E-state index is 12.7. The summed E-state index contributed by atoms with van der Waals surface area (Å²) in [5.41, 5.74) is 6.62. The van der Waals surface area contributed by atoms with Crippen molar-refractivity contribution >= 4 is 7.12 Å². The van der Waals surface area contributed by atoms with E-state index in [2.05, 4.69) is 10.9 Å². The lowest BCUT2D eigenvalue weighted by molar-refractivity contribution is 0.378. The molecule has 1 aliphatic rings. The van der Waals surface area contributed by atoms with Crippen LogP contribution in [0.2, 0.25) is 5.82 Å². The first-order chi connectivity index (χ1) is 7.18. The van der Waals surface area contributed by atoms with Crippen molar-refractivity contribution in [2.75, 3.05) is 6.54 Å². The Bertz CT molecular complexity index is 333. The molecule has 2 atom stereocenters. The van der Waals surface area contributed by atoms with Gasteiger partial charge >= 0.3 is 7.12 Å². The van der Waals surface area contributed by atoms with E-state index in [9.17, 15) is 4.39 Å². The van der Waals surface area contributed by atoms with Gasteiger partial charge in [0.15, 0.2) is 0 Å². The van der Waals surface area contributed by atoms with Crippen LogP contribution in [0.1, 0.15) is 11.6 Å². The van der Waals surface area contributed by atoms with Crippen LogP contribution in [0.15, 0.2) is 24.3 Å². The number of rotatable bonds is 2. The minimum absolute atomic E-state index is 0.203. The van der Waals surface area contributed by atoms with Crippen molar-refractivity contribution in [1.29, 1.82) is 0 Å². The predicted molar refractivity (Wildman–Crippen MR) is 54.2 cm³/mol. The van der Waals surface area contributed by atoms with Gasteiger partial charge in [0, 0.05) is 18.4 Å². The molecule has 0 amide bonds. The number of nitrogens with one attached hydrogen (secondary N) is 2. The predicted octanol–water partition coefficient (Wildman–Crippen LogP) is -0.182. The lowest BCUT2D eigenvalue weighted by Crippen LogP contribution is -2.27. The van der Waals surface area contributed by atoms with Crippen molar-refractivity contribution in [2.45, 2.75) is 11.9 Å². The summed E-state index contributed by atoms with van der Waals surface area (Å²) in [7, 11) is -1.39. The van der Waals surface area contributed by atoms with Gasteiger partial charge in [-0.1, -0.05) is 12.1 Å². The lowest BCUT2D eigenvalue weighted by atomic mass is 9.68. The van der Waals surface area contributed by atoms with Gasteiger partial charge in [-0.05, 0) is 17.7 Å². The highest BCUT2D eigenvalue weighted by molar-refractivity contribution is 6.43. The van der Waals surface area contributed by atoms with E-state index in [0.717, 1.165) is 5.56 Å². The summed E-state index contributed by atoms with van der Waals surface area (Å²) in [5.74, 6) is -0.624. The Balaban J connectivity index is 2.19. The zero-order valence-corrected chi connectivity index (χ0v) is 8.02. The highest BCUT2D eigenvalue weighted by atomic mass is 19.1. The maximum Gasteiger partial charge on any atom is 0.458 e. The summed E-state index contributed by atoms with van der Waals surface area (Å²) in [4.78, 5) is 0. The molecule has 0 spiro atoms. The van der Waals surface area contributed by atoms with Crippen molar-refractivity contribution in [3.63, 3.8) is 0 Å². The Morgan fingerprint density at radius 3 is 2.53 bits per heavy atom. The van der Waals surface area contributed by atoms with Gasteiger partial charge in [-0.2, -0.15) is 0 Å². The van der Waals surface area contributed by atoms with Crippen molar-refractivity contribution in [1.82, 2.24) is 10.9 Å². The molecule has 80 valence electrons. The van der Waals surface area contributed by atoms with Crippen LogP contribution in [0, 0.1) is 5.82 Å². The Hall–Kier alpha value is -0.945. The SMILES string of the molecule is OB(O)[C@@H]1CNN[C@H]1c1ccc(F)cc1. The van der Waals surface area contributed by atoms with Crippen LogP contribution in [0.25, 0.3) is 0 Å². The zero-order chi connectivity index (χ0) is 10.8. The normalized spacial score (nSPS) is 25.5. The van der Waals surface area contributed by atoms with Crippen molar-refractivity contribution in [3.8, 4) is 0 Å². The van der Waals surface area contributed by atoms with Crippen LogP contribution in [0.5, 0.6) is 0 Å². The minimum atomic E-state index is -1.39. The average molecular weight is 210 g/mol. The number of halogens is 1. The third-order valence-corrected chi connectivity index (χ3v) is 2.64. The second-order valence-corrected chi connectivity index (χ2v) is 3.63. The fourth-order valence-electron chi connectivity index (χ4n) is 1.79. The summed E-state index contributed by atoms with van der Waals surface area (Å²) in [6.07, 6.45) is 0. The van der Waals surface area contributed by atoms with Crippen LogP contribution in [-0.4, -0.2) is 23.7 Å². The quantitative estimate of drug-likeness (QED) is 0.511. The fraction of sp³-hybridized carbons (Fsp3) is 0.333. The molecule has 4 nitrogen and oxygen atoms in total. The van der Waals surface area contributed by atoms with E-state index in [4.69, 9.17) is 10.0 Å². The van der Waals surface area contributed by atoms with Gasteiger partial charge in [-0.15, -0.1) is 0 Å². The molecule has 0 unspecified atom stereocenters. The summed E-state index contributed by atoms with van der Waals surface area (Å²) in [5, 5.41) is 18.3. The van der Waals surface area contributed by atoms with E-state index in [1.54, 1.807) is 12.1 Å². The molecule has 1 aromatic carbocycles. The van der Waals surface area contributed by atoms with Crippen LogP contribution < -0.4 is 10.9 Å². The molecule has 1 fully saturated rings. The van der Waals surface area contributed by atoms with E-state index in [-0.39, 0.29) is 17.7 Å². The van der Waals surface area contributed by atoms with E-state index in [0.29, 0.717) is 6.54 Å². The molecule has 0 bridgehead atoms. The first-order valence-corrected chi connectivity index (χ1v) is 4.78. The second-order valence-electron chi connectivity index (χ2n) is 3.63. The standard InChI is InChI=1S/C9H12BFN2O2/c11-7-3-1-6(2-4-7)9-8(10(14)15)5-12-13-9/h1-4,8-9,12-15H,5H2/t8-,9+/m1/s1. The summed E-state index contributed by atoms with van der Waals surface area (Å²) in [6, 6.07) is 5.78. The Morgan fingerprint density at radius 2 is 1.93 bits per heavy atom. The number of hydrogen-bond donors (Lipinski definition) is 4. The highest BCUT2D eigenvalue weighted by Gasteiger charge is 2.36. The smallest absolute Gasteiger partial charge is 0.427 e. The molecule has 6 heteroatoms. The number of hydrogen-bond acceptors (Lipinski definition) is 4. The molecule has 0 aromatic heterocycles. The molecule has 2 rings (SSSR count). The van der Waals surface area contributed by atoms with E-state index < -0.39 is 7.12 Å². The molecule has 0 saturated carbocycles. The average Bonchev–Trinajstić information content (AvgIpc) is 2.67. The molecule has 1 saturated heterocycles. The van der Waals surface area contributed by atoms with Crippen molar-refractivity contribution in [2.24, 2.45) is 0 Å². The molecule has 1 heterocycles. The first-order valence-electron chi connectivity index (χ1n) is 4.78. The van der Waals surface area contributed by atoms with Gasteiger partial charge in [0.2, 0.25) is 0 Å². The molecule has 15 heavy (non-hydrogen) atoms. The van der Waals surface area contributed by atoms with E-state index >= 15 is 0 Å². The largest absolute Gasteiger partial charge is 0.458 e. The van der Waals surface area contributed by atoms with E-state index in [1.807, 2.05) is 0 Å². The van der Waals surface area contributed by atoms with Gasteiger partial charge < -0.3 is 10.0 Å². The number of benzene rings is 1. The summed E-state index contributed by atoms with van der Waals surface area (Å²) < 4.78 is 12.7. The van der Waals surface area contributed by atoms with Gasteiger partial charge in [-0.25, -0.2) is 4.39 Å². The first kappa shape index (κ1) is 10.6. The summed E-state index contributed by atoms with van der Waals surface area (Å²) >= 11 is 0. The van der Waals surface area contributed by atoms with Crippen LogP contribution in [0.3, 0.4) is 0 Å². The molecular weight excluding hydrogens is 198 g/mol. The fourth-order valence-corrected chi connectivity index (χ4v) is 1.79. The monoisotopic (exact) mass is 210 g/mol. The van der Waals surface area contributed by atoms with Gasteiger partial charge in [0.05, 0.1) is 0 Å². The van der Waals surface area contributed by atoms with Crippen LogP contribution in [0.4, 0.5) is 4.39 Å². The van der Waals surface area contributed by atoms with Gasteiger partial charge in [-0.3, -0.25) is 10.9 Å². The van der Waals surface area contributed by atoms with Crippen LogP contribution >= 0.6 is 0 Å². The Kier molecular flexibility index (Phi) is 3.02. The summed E-state index contributed by atoms with van der Waals surface area (Å²) in [6.45, 7) is 0.472. The van der Waals surface area contributed by atoms with Crippen LogP contribution in [-0.2, 0) is 0 Å². The molecule has 0 radical (unpaired) electrons. The third-order valence-electron chi connectivity index (χ3n) is 2.64. The molecule has 0 aliphatic carbocycles. The van der Waals surface area contributed by atoms with Gasteiger partial charge in [0.1, 0.15) is 5.82 Å². The maximum atomic E-state index is 12.7. The molecule has 1 aromatic rings. The van der Waals surface area contributed by atoms with Crippen molar-refractivity contribution < 1.29 is 14.4 Å². The van der Waals surface area contributed by atoms with Gasteiger partial charge in [0.25, 0.3) is 0 Å². The van der Waals surface area contributed by atoms with Crippen molar-refractivity contribution in [3.05, 3.63) is 35.6 Å². The van der Waals surface area contributed by atoms with E-state index in [1.165, 1.54) is 12.1 Å². The topological polar surface area (TPSA) is 64.5 Å². The second kappa shape index (κ2) is 4.28. The minimum Gasteiger partial charge on any atom is -0.427 e. The highest BCUT2D eigenvalue weighted by Crippen LogP contribution is 2.30. The third kappa shape index (κ3) is 2.18. The Labute approximate surface area is 87.2 Å².